The minimum Gasteiger partial charge on any atom is -0.466 e. The second kappa shape index (κ2) is 12.4. The van der Waals surface area contributed by atoms with Crippen molar-refractivity contribution in [3.63, 3.8) is 0 Å². The number of esters is 1. The molecule has 0 spiro atoms. The van der Waals surface area contributed by atoms with Crippen LogP contribution in [-0.4, -0.2) is 48.3 Å². The van der Waals surface area contributed by atoms with E-state index in [1.54, 1.807) is 6.20 Å². The lowest BCUT2D eigenvalue weighted by Gasteiger charge is -2.32. The Bertz CT molecular complexity index is 899. The molecular weight excluding hydrogens is 463 g/mol. The number of halogens is 2. The maximum absolute atomic E-state index is 11.9. The van der Waals surface area contributed by atoms with Crippen molar-refractivity contribution in [2.24, 2.45) is 5.92 Å². The zero-order valence-electron chi connectivity index (χ0n) is 19.0. The molecule has 0 bridgehead atoms. The van der Waals surface area contributed by atoms with Gasteiger partial charge in [0, 0.05) is 31.1 Å². The highest BCUT2D eigenvalue weighted by atomic mass is 35.5. The van der Waals surface area contributed by atoms with Gasteiger partial charge in [-0.3, -0.25) is 4.79 Å². The number of piperidine rings is 1. The molecular formula is C24H32Cl2N4O3. The van der Waals surface area contributed by atoms with Crippen molar-refractivity contribution in [2.75, 3.05) is 36.5 Å². The largest absolute Gasteiger partial charge is 0.466 e. The van der Waals surface area contributed by atoms with Crippen LogP contribution in [0, 0.1) is 5.92 Å². The van der Waals surface area contributed by atoms with Gasteiger partial charge >= 0.3 is 5.97 Å². The van der Waals surface area contributed by atoms with Crippen molar-refractivity contribution in [1.29, 1.82) is 0 Å². The van der Waals surface area contributed by atoms with Crippen LogP contribution in [0.1, 0.15) is 44.7 Å². The van der Waals surface area contributed by atoms with E-state index in [2.05, 4.69) is 32.3 Å². The number of carbonyl (C=O) groups excluding carboxylic acids is 1. The van der Waals surface area contributed by atoms with Gasteiger partial charge in [-0.1, -0.05) is 11.6 Å². The second-order valence-electron chi connectivity index (χ2n) is 8.35. The molecule has 1 aromatic heterocycles. The maximum Gasteiger partial charge on any atom is 0.309 e. The summed E-state index contributed by atoms with van der Waals surface area (Å²) in [6, 6.07) is 8.22. The number of rotatable bonds is 8. The third kappa shape index (κ3) is 6.95. The van der Waals surface area contributed by atoms with E-state index >= 15 is 0 Å². The Labute approximate surface area is 206 Å². The summed E-state index contributed by atoms with van der Waals surface area (Å²) in [4.78, 5) is 23.2. The third-order valence-corrected chi connectivity index (χ3v) is 6.46. The van der Waals surface area contributed by atoms with Gasteiger partial charge in [0.25, 0.3) is 0 Å². The molecule has 3 heterocycles. The lowest BCUT2D eigenvalue weighted by Crippen LogP contribution is -2.36. The molecule has 2 aliphatic rings. The van der Waals surface area contributed by atoms with E-state index in [4.69, 9.17) is 21.1 Å². The molecule has 7 nitrogen and oxygen atoms in total. The first kappa shape index (κ1) is 25.5. The van der Waals surface area contributed by atoms with Crippen molar-refractivity contribution < 1.29 is 14.3 Å². The van der Waals surface area contributed by atoms with Crippen molar-refractivity contribution >= 4 is 47.3 Å². The molecule has 1 N–H and O–H groups in total. The second-order valence-corrected chi connectivity index (χ2v) is 8.75. The van der Waals surface area contributed by atoms with E-state index < -0.39 is 0 Å². The van der Waals surface area contributed by atoms with Gasteiger partial charge in [-0.15, -0.1) is 12.4 Å². The summed E-state index contributed by atoms with van der Waals surface area (Å²) >= 11 is 6.31. The van der Waals surface area contributed by atoms with Crippen molar-refractivity contribution in [3.8, 4) is 0 Å². The van der Waals surface area contributed by atoms with Gasteiger partial charge in [0.15, 0.2) is 0 Å². The van der Waals surface area contributed by atoms with Crippen LogP contribution in [0.4, 0.5) is 17.3 Å². The van der Waals surface area contributed by atoms with Gasteiger partial charge in [0.1, 0.15) is 0 Å². The lowest BCUT2D eigenvalue weighted by atomic mass is 9.96. The molecule has 4 rings (SSSR count). The molecule has 2 aromatic rings. The van der Waals surface area contributed by atoms with E-state index in [1.165, 1.54) is 0 Å². The third-order valence-electron chi connectivity index (χ3n) is 6.15. The van der Waals surface area contributed by atoms with Crippen molar-refractivity contribution in [1.82, 2.24) is 9.97 Å². The average molecular weight is 495 g/mol. The fourth-order valence-electron chi connectivity index (χ4n) is 4.33. The fourth-order valence-corrected chi connectivity index (χ4v) is 4.51. The Morgan fingerprint density at radius 1 is 1.24 bits per heavy atom. The van der Waals surface area contributed by atoms with E-state index in [9.17, 15) is 4.79 Å². The van der Waals surface area contributed by atoms with E-state index in [0.717, 1.165) is 75.3 Å². The minimum atomic E-state index is -0.0650. The van der Waals surface area contributed by atoms with Gasteiger partial charge < -0.3 is 19.7 Å². The van der Waals surface area contributed by atoms with E-state index in [0.29, 0.717) is 23.7 Å². The van der Waals surface area contributed by atoms with Crippen LogP contribution >= 0.6 is 24.0 Å². The topological polar surface area (TPSA) is 76.6 Å². The number of nitrogens with one attached hydrogen (secondary N) is 1. The predicted octanol–water partition coefficient (Wildman–Crippen LogP) is 5.19. The normalized spacial score (nSPS) is 18.6. The number of hydrogen-bond donors (Lipinski definition) is 1. The molecule has 180 valence electrons. The molecule has 33 heavy (non-hydrogen) atoms. The summed E-state index contributed by atoms with van der Waals surface area (Å²) in [7, 11) is 0. The SMILES string of the molecule is CCOC(=O)C1CCN(c2ccc(Nc3ncc(Cl)c(CCC4CCCO4)n3)cc2)CC1.Cl. The highest BCUT2D eigenvalue weighted by molar-refractivity contribution is 6.31. The number of carbonyl (C=O) groups is 1. The summed E-state index contributed by atoms with van der Waals surface area (Å²) in [5.41, 5.74) is 2.91. The molecule has 2 fully saturated rings. The number of benzene rings is 1. The monoisotopic (exact) mass is 494 g/mol. The Morgan fingerprint density at radius 2 is 2.00 bits per heavy atom. The van der Waals surface area contributed by atoms with Crippen LogP contribution in [0.2, 0.25) is 5.02 Å². The molecule has 1 aromatic carbocycles. The van der Waals surface area contributed by atoms with Gasteiger partial charge in [-0.25, -0.2) is 9.97 Å². The predicted molar refractivity (Wildman–Crippen MR) is 133 cm³/mol. The molecule has 1 unspecified atom stereocenters. The lowest BCUT2D eigenvalue weighted by molar-refractivity contribution is -0.148. The van der Waals surface area contributed by atoms with Crippen LogP contribution in [0.25, 0.3) is 0 Å². The number of aryl methyl sites for hydroxylation is 1. The minimum absolute atomic E-state index is 0. The zero-order chi connectivity index (χ0) is 22.3. The fraction of sp³-hybridized carbons (Fsp3) is 0.542. The molecule has 0 amide bonds. The number of ether oxygens (including phenoxy) is 2. The number of aromatic nitrogens is 2. The van der Waals surface area contributed by atoms with Crippen molar-refractivity contribution in [2.45, 2.75) is 51.6 Å². The Kier molecular flexibility index (Phi) is 9.59. The van der Waals surface area contributed by atoms with Crippen LogP contribution in [0.15, 0.2) is 30.5 Å². The van der Waals surface area contributed by atoms with Gasteiger partial charge in [-0.2, -0.15) is 0 Å². The first-order chi connectivity index (χ1) is 15.6. The standard InChI is InChI=1S/C24H31ClN4O3.ClH/c1-2-31-23(30)17-11-13-29(14-12-17)19-7-5-18(6-8-19)27-24-26-16-21(25)22(28-24)10-9-20-4-3-15-32-20;/h5-8,16-17,20H,2-4,9-15H2,1H3,(H,26,27,28);1H. The number of hydrogen-bond acceptors (Lipinski definition) is 7. The van der Waals surface area contributed by atoms with Gasteiger partial charge in [-0.05, 0) is 69.7 Å². The Balaban J connectivity index is 0.00000306. The molecule has 2 saturated heterocycles. The molecule has 9 heteroatoms. The van der Waals surface area contributed by atoms with Crippen LogP contribution in [0.3, 0.4) is 0 Å². The first-order valence-corrected chi connectivity index (χ1v) is 11.9. The van der Waals surface area contributed by atoms with Gasteiger partial charge in [0.05, 0.1) is 35.5 Å². The maximum atomic E-state index is 11.9. The number of nitrogens with zero attached hydrogens (tertiary/aromatic N) is 3. The summed E-state index contributed by atoms with van der Waals surface area (Å²) in [6.07, 6.45) is 7.57. The first-order valence-electron chi connectivity index (χ1n) is 11.5. The smallest absolute Gasteiger partial charge is 0.309 e. The highest BCUT2D eigenvalue weighted by Crippen LogP contribution is 2.27. The van der Waals surface area contributed by atoms with Crippen LogP contribution in [-0.2, 0) is 20.7 Å². The molecule has 0 saturated carbocycles. The van der Waals surface area contributed by atoms with E-state index in [-0.39, 0.29) is 24.3 Å². The average Bonchev–Trinajstić information content (AvgIpc) is 3.34. The molecule has 0 aliphatic carbocycles. The molecule has 1 atom stereocenters. The Morgan fingerprint density at radius 3 is 2.67 bits per heavy atom. The summed E-state index contributed by atoms with van der Waals surface area (Å²) in [5, 5.41) is 3.87. The van der Waals surface area contributed by atoms with E-state index in [1.807, 2.05) is 19.1 Å². The summed E-state index contributed by atoms with van der Waals surface area (Å²) in [5.74, 6) is 0.494. The molecule has 0 radical (unpaired) electrons. The zero-order valence-corrected chi connectivity index (χ0v) is 20.5. The highest BCUT2D eigenvalue weighted by Gasteiger charge is 2.26. The molecule has 2 aliphatic heterocycles. The number of anilines is 3. The summed E-state index contributed by atoms with van der Waals surface area (Å²) in [6.45, 7) is 4.86. The quantitative estimate of drug-likeness (QED) is 0.506. The van der Waals surface area contributed by atoms with Crippen LogP contribution < -0.4 is 10.2 Å². The van der Waals surface area contributed by atoms with Crippen molar-refractivity contribution in [3.05, 3.63) is 41.2 Å². The summed E-state index contributed by atoms with van der Waals surface area (Å²) < 4.78 is 10.9. The van der Waals surface area contributed by atoms with Crippen LogP contribution in [0.5, 0.6) is 0 Å². The van der Waals surface area contributed by atoms with Gasteiger partial charge in [0.2, 0.25) is 5.95 Å². The Hall–Kier alpha value is -2.09.